The first kappa shape index (κ1) is 24.2. The zero-order chi connectivity index (χ0) is 24.6. The van der Waals surface area contributed by atoms with Gasteiger partial charge in [0, 0.05) is 17.0 Å². The Morgan fingerprint density at radius 3 is 2.40 bits per heavy atom. The maximum atomic E-state index is 13.4. The molecule has 0 spiro atoms. The Hall–Kier alpha value is -3.91. The smallest absolute Gasteiger partial charge is 0.255 e. The van der Waals surface area contributed by atoms with E-state index in [4.69, 9.17) is 0 Å². The summed E-state index contributed by atoms with van der Waals surface area (Å²) in [6.45, 7) is 1.95. The van der Waals surface area contributed by atoms with Crippen LogP contribution in [0.2, 0.25) is 0 Å². The number of benzene rings is 3. The summed E-state index contributed by atoms with van der Waals surface area (Å²) < 4.78 is 0. The van der Waals surface area contributed by atoms with Crippen LogP contribution in [0.3, 0.4) is 0 Å². The summed E-state index contributed by atoms with van der Waals surface area (Å²) in [6, 6.07) is 26.0. The number of hydrazone groups is 1. The number of carbonyl (C=O) groups excluding carboxylic acids is 3. The molecule has 0 saturated heterocycles. The Bertz CT molecular complexity index is 1230. The molecule has 0 radical (unpaired) electrons. The first-order valence-corrected chi connectivity index (χ1v) is 12.3. The molecule has 0 saturated carbocycles. The molecular weight excluding hydrogens is 460 g/mol. The summed E-state index contributed by atoms with van der Waals surface area (Å²) in [5, 5.41) is 10.8. The Kier molecular flexibility index (Phi) is 7.95. The van der Waals surface area contributed by atoms with E-state index in [1.54, 1.807) is 12.1 Å². The Morgan fingerprint density at radius 2 is 1.69 bits per heavy atom. The number of rotatable bonds is 8. The predicted molar refractivity (Wildman–Crippen MR) is 139 cm³/mol. The summed E-state index contributed by atoms with van der Waals surface area (Å²) in [4.78, 5) is 38.7. The van der Waals surface area contributed by atoms with Gasteiger partial charge in [-0.2, -0.15) is 10.1 Å². The zero-order valence-corrected chi connectivity index (χ0v) is 20.1. The van der Waals surface area contributed by atoms with E-state index < -0.39 is 5.25 Å². The van der Waals surface area contributed by atoms with Gasteiger partial charge < -0.3 is 10.6 Å². The first-order valence-electron chi connectivity index (χ1n) is 11.4. The molecule has 1 aliphatic rings. The fourth-order valence-corrected chi connectivity index (χ4v) is 4.70. The van der Waals surface area contributed by atoms with Gasteiger partial charge in [0.25, 0.3) is 5.91 Å². The van der Waals surface area contributed by atoms with E-state index in [0.29, 0.717) is 23.6 Å². The zero-order valence-electron chi connectivity index (χ0n) is 19.3. The molecule has 0 aromatic heterocycles. The van der Waals surface area contributed by atoms with Gasteiger partial charge >= 0.3 is 0 Å². The number of nitrogens with one attached hydrogen (secondary N) is 2. The quantitative estimate of drug-likeness (QED) is 0.432. The molecule has 1 unspecified atom stereocenters. The molecule has 2 N–H and O–H groups in total. The number of nitrogens with zero attached hydrogens (tertiary/aromatic N) is 2. The van der Waals surface area contributed by atoms with Crippen LogP contribution in [0.25, 0.3) is 0 Å². The van der Waals surface area contributed by atoms with E-state index in [0.717, 1.165) is 16.9 Å². The van der Waals surface area contributed by atoms with Crippen LogP contribution in [0.1, 0.15) is 37.0 Å². The SMILES string of the molecule is CCCC(=O)Nc1cccc(SC(C(=O)NC2=NN(c3ccccc3)C(=O)C2)c2ccccc2)c1. The monoisotopic (exact) mass is 486 g/mol. The largest absolute Gasteiger partial charge is 0.326 e. The average Bonchev–Trinajstić information content (AvgIpc) is 3.23. The number of hydrogen-bond donors (Lipinski definition) is 2. The van der Waals surface area contributed by atoms with E-state index in [2.05, 4.69) is 15.7 Å². The third-order valence-corrected chi connectivity index (χ3v) is 6.48. The minimum atomic E-state index is -0.582. The second-order valence-corrected chi connectivity index (χ2v) is 9.17. The Labute approximate surface area is 208 Å². The first-order chi connectivity index (χ1) is 17.0. The average molecular weight is 487 g/mol. The normalized spacial score (nSPS) is 13.8. The molecule has 1 heterocycles. The fourth-order valence-electron chi connectivity index (χ4n) is 3.61. The van der Waals surface area contributed by atoms with Gasteiger partial charge in [-0.05, 0) is 42.3 Å². The van der Waals surface area contributed by atoms with Crippen molar-refractivity contribution in [3.05, 3.63) is 90.5 Å². The molecule has 178 valence electrons. The lowest BCUT2D eigenvalue weighted by molar-refractivity contribution is -0.119. The molecule has 8 heteroatoms. The van der Waals surface area contributed by atoms with Crippen molar-refractivity contribution in [2.24, 2.45) is 5.10 Å². The predicted octanol–water partition coefficient (Wildman–Crippen LogP) is 5.13. The third-order valence-electron chi connectivity index (χ3n) is 5.23. The lowest BCUT2D eigenvalue weighted by Gasteiger charge is -2.17. The molecule has 4 rings (SSSR count). The van der Waals surface area contributed by atoms with Crippen LogP contribution in [0.4, 0.5) is 11.4 Å². The van der Waals surface area contributed by atoms with Gasteiger partial charge in [-0.15, -0.1) is 11.8 Å². The number of thioether (sulfide) groups is 1. The highest BCUT2D eigenvalue weighted by Gasteiger charge is 2.29. The van der Waals surface area contributed by atoms with Gasteiger partial charge in [0.2, 0.25) is 11.8 Å². The number of amidine groups is 1. The van der Waals surface area contributed by atoms with E-state index >= 15 is 0 Å². The fraction of sp³-hybridized carbons (Fsp3) is 0.185. The molecular formula is C27H26N4O3S. The van der Waals surface area contributed by atoms with E-state index in [9.17, 15) is 14.4 Å². The molecule has 1 atom stereocenters. The molecule has 1 aliphatic heterocycles. The standard InChI is InChI=1S/C27H26N4O3S/c1-2-10-24(32)28-20-13-9-16-22(17-20)35-26(19-11-5-3-6-12-19)27(34)29-23-18-25(33)31(30-23)21-14-7-4-8-15-21/h3-9,11-17,26H,2,10,18H2,1H3,(H,28,32)(H,29,30,34). The van der Waals surface area contributed by atoms with E-state index in [1.165, 1.54) is 16.8 Å². The molecule has 0 aliphatic carbocycles. The Balaban J connectivity index is 1.52. The number of anilines is 2. The van der Waals surface area contributed by atoms with Crippen molar-refractivity contribution in [1.82, 2.24) is 5.32 Å². The van der Waals surface area contributed by atoms with Crippen LogP contribution in [-0.2, 0) is 14.4 Å². The van der Waals surface area contributed by atoms with Crippen LogP contribution in [0.15, 0.2) is 94.9 Å². The highest BCUT2D eigenvalue weighted by Crippen LogP contribution is 2.36. The number of amides is 3. The summed E-state index contributed by atoms with van der Waals surface area (Å²) in [5.41, 5.74) is 2.16. The van der Waals surface area contributed by atoms with Crippen molar-refractivity contribution in [2.45, 2.75) is 36.3 Å². The van der Waals surface area contributed by atoms with Crippen molar-refractivity contribution >= 4 is 46.7 Å². The van der Waals surface area contributed by atoms with Crippen molar-refractivity contribution < 1.29 is 14.4 Å². The maximum absolute atomic E-state index is 13.4. The number of hydrogen-bond acceptors (Lipinski definition) is 5. The van der Waals surface area contributed by atoms with Gasteiger partial charge in [-0.1, -0.05) is 61.5 Å². The van der Waals surface area contributed by atoms with Crippen LogP contribution in [0.5, 0.6) is 0 Å². The van der Waals surface area contributed by atoms with Gasteiger partial charge in [0.15, 0.2) is 0 Å². The van der Waals surface area contributed by atoms with Gasteiger partial charge in [0.05, 0.1) is 12.1 Å². The van der Waals surface area contributed by atoms with Gasteiger partial charge in [-0.25, -0.2) is 0 Å². The Morgan fingerprint density at radius 1 is 0.971 bits per heavy atom. The molecule has 0 fully saturated rings. The molecule has 3 aromatic rings. The van der Waals surface area contributed by atoms with E-state index in [1.807, 2.05) is 79.7 Å². The van der Waals surface area contributed by atoms with Gasteiger partial charge in [-0.3, -0.25) is 14.4 Å². The minimum Gasteiger partial charge on any atom is -0.326 e. The topological polar surface area (TPSA) is 90.9 Å². The van der Waals surface area contributed by atoms with Crippen LogP contribution in [0, 0.1) is 0 Å². The number of carbonyl (C=O) groups is 3. The second-order valence-electron chi connectivity index (χ2n) is 7.99. The van der Waals surface area contributed by atoms with Crippen LogP contribution in [-0.4, -0.2) is 23.6 Å². The molecule has 0 bridgehead atoms. The number of para-hydroxylation sites is 1. The summed E-state index contributed by atoms with van der Waals surface area (Å²) in [7, 11) is 0. The minimum absolute atomic E-state index is 0.0196. The lowest BCUT2D eigenvalue weighted by Crippen LogP contribution is -2.33. The van der Waals surface area contributed by atoms with Crippen LogP contribution >= 0.6 is 11.8 Å². The summed E-state index contributed by atoms with van der Waals surface area (Å²) in [5.74, 6) is -0.209. The highest BCUT2D eigenvalue weighted by molar-refractivity contribution is 8.00. The summed E-state index contributed by atoms with van der Waals surface area (Å²) in [6.07, 6.45) is 1.24. The van der Waals surface area contributed by atoms with Crippen molar-refractivity contribution in [3.8, 4) is 0 Å². The van der Waals surface area contributed by atoms with Crippen LogP contribution < -0.4 is 15.6 Å². The van der Waals surface area contributed by atoms with Crippen molar-refractivity contribution in [3.63, 3.8) is 0 Å². The third kappa shape index (κ3) is 6.36. The lowest BCUT2D eigenvalue weighted by atomic mass is 10.1. The molecule has 35 heavy (non-hydrogen) atoms. The summed E-state index contributed by atoms with van der Waals surface area (Å²) >= 11 is 1.37. The highest BCUT2D eigenvalue weighted by atomic mass is 32.2. The maximum Gasteiger partial charge on any atom is 0.255 e. The van der Waals surface area contributed by atoms with Crippen molar-refractivity contribution in [2.75, 3.05) is 10.3 Å². The second kappa shape index (κ2) is 11.5. The molecule has 3 amide bonds. The van der Waals surface area contributed by atoms with Gasteiger partial charge in [0.1, 0.15) is 11.1 Å². The molecule has 3 aromatic carbocycles. The molecule has 7 nitrogen and oxygen atoms in total. The van der Waals surface area contributed by atoms with E-state index in [-0.39, 0.29) is 24.1 Å². The van der Waals surface area contributed by atoms with Crippen molar-refractivity contribution in [1.29, 1.82) is 0 Å².